The van der Waals surface area contributed by atoms with Gasteiger partial charge >= 0.3 is 0 Å². The smallest absolute Gasteiger partial charge is 0.242 e. The van der Waals surface area contributed by atoms with Gasteiger partial charge in [0.25, 0.3) is 0 Å². The zero-order chi connectivity index (χ0) is 13.1. The summed E-state index contributed by atoms with van der Waals surface area (Å²) in [6.45, 7) is 1.02. The molecule has 2 rings (SSSR count). The zero-order valence-electron chi connectivity index (χ0n) is 11.7. The Balaban J connectivity index is 0.00000180. The van der Waals surface area contributed by atoms with Gasteiger partial charge in [0.05, 0.1) is 18.8 Å². The predicted octanol–water partition coefficient (Wildman–Crippen LogP) is 0.901. The Morgan fingerprint density at radius 1 is 1.60 bits per heavy atom. The van der Waals surface area contributed by atoms with Crippen molar-refractivity contribution in [3.05, 3.63) is 18.0 Å². The summed E-state index contributed by atoms with van der Waals surface area (Å²) in [7, 11) is 3.43. The van der Waals surface area contributed by atoms with E-state index < -0.39 is 6.04 Å². The van der Waals surface area contributed by atoms with Crippen molar-refractivity contribution >= 4 is 30.7 Å². The van der Waals surface area contributed by atoms with E-state index in [2.05, 4.69) is 5.10 Å². The van der Waals surface area contributed by atoms with E-state index >= 15 is 0 Å². The molecule has 1 amide bonds. The quantitative estimate of drug-likeness (QED) is 0.893. The summed E-state index contributed by atoms with van der Waals surface area (Å²) >= 11 is 0. The standard InChI is InChI=1S/C12H20N4O2.2ClH/c1-15-7-9(6-14-15)11-4-3-5-16(11)12(17)10(13)8-18-2;;/h6-7,10-11H,3-5,8,13H2,1-2H3;2*1H. The van der Waals surface area contributed by atoms with E-state index in [9.17, 15) is 4.79 Å². The Morgan fingerprint density at radius 3 is 2.85 bits per heavy atom. The van der Waals surface area contributed by atoms with Gasteiger partial charge in [0.15, 0.2) is 0 Å². The minimum Gasteiger partial charge on any atom is -0.383 e. The molecule has 1 saturated heterocycles. The van der Waals surface area contributed by atoms with Crippen LogP contribution in [-0.4, -0.2) is 46.9 Å². The number of carbonyl (C=O) groups excluding carboxylic acids is 1. The number of nitrogens with zero attached hydrogens (tertiary/aromatic N) is 3. The SMILES string of the molecule is COCC(N)C(=O)N1CCCC1c1cnn(C)c1.Cl.Cl. The third kappa shape index (κ3) is 4.09. The predicted molar refractivity (Wildman–Crippen MR) is 81.2 cm³/mol. The first-order valence-corrected chi connectivity index (χ1v) is 6.17. The zero-order valence-corrected chi connectivity index (χ0v) is 13.3. The molecule has 1 fully saturated rings. The fourth-order valence-corrected chi connectivity index (χ4v) is 2.45. The van der Waals surface area contributed by atoms with Crippen molar-refractivity contribution in [3.8, 4) is 0 Å². The summed E-state index contributed by atoms with van der Waals surface area (Å²) in [5.41, 5.74) is 6.89. The van der Waals surface area contributed by atoms with Crippen molar-refractivity contribution in [3.63, 3.8) is 0 Å². The molecule has 1 aromatic rings. The molecule has 0 aliphatic carbocycles. The van der Waals surface area contributed by atoms with E-state index in [1.165, 1.54) is 0 Å². The van der Waals surface area contributed by atoms with Crippen LogP contribution in [0.25, 0.3) is 0 Å². The van der Waals surface area contributed by atoms with Crippen molar-refractivity contribution in [2.75, 3.05) is 20.3 Å². The van der Waals surface area contributed by atoms with Crippen LogP contribution < -0.4 is 5.73 Å². The maximum atomic E-state index is 12.2. The molecule has 0 radical (unpaired) electrons. The average molecular weight is 325 g/mol. The second-order valence-electron chi connectivity index (χ2n) is 4.70. The van der Waals surface area contributed by atoms with Gasteiger partial charge in [0.1, 0.15) is 6.04 Å². The molecule has 1 aliphatic rings. The summed E-state index contributed by atoms with van der Waals surface area (Å²) in [5.74, 6) is -0.0387. The van der Waals surface area contributed by atoms with Gasteiger partial charge in [-0.3, -0.25) is 9.48 Å². The lowest BCUT2D eigenvalue weighted by molar-refractivity contribution is -0.134. The first-order chi connectivity index (χ1) is 8.63. The highest BCUT2D eigenvalue weighted by Gasteiger charge is 2.33. The van der Waals surface area contributed by atoms with Gasteiger partial charge in [0.2, 0.25) is 5.91 Å². The number of aryl methyl sites for hydroxylation is 1. The van der Waals surface area contributed by atoms with Crippen LogP contribution in [0.15, 0.2) is 12.4 Å². The van der Waals surface area contributed by atoms with Crippen molar-refractivity contribution in [2.45, 2.75) is 24.9 Å². The lowest BCUT2D eigenvalue weighted by atomic mass is 10.1. The van der Waals surface area contributed by atoms with Gasteiger partial charge in [-0.25, -0.2) is 0 Å². The third-order valence-corrected chi connectivity index (χ3v) is 3.31. The van der Waals surface area contributed by atoms with Crippen LogP contribution in [0.2, 0.25) is 0 Å². The van der Waals surface area contributed by atoms with Gasteiger partial charge in [0, 0.05) is 32.5 Å². The molecule has 20 heavy (non-hydrogen) atoms. The molecule has 0 aromatic carbocycles. The molecule has 0 saturated carbocycles. The molecule has 2 N–H and O–H groups in total. The number of ether oxygens (including phenoxy) is 1. The fraction of sp³-hybridized carbons (Fsp3) is 0.667. The molecular formula is C12H22Cl2N4O2. The highest BCUT2D eigenvalue weighted by atomic mass is 35.5. The number of hydrogen-bond acceptors (Lipinski definition) is 4. The van der Waals surface area contributed by atoms with E-state index in [1.807, 2.05) is 24.3 Å². The number of rotatable bonds is 4. The van der Waals surface area contributed by atoms with E-state index in [1.54, 1.807) is 11.8 Å². The molecule has 0 bridgehead atoms. The van der Waals surface area contributed by atoms with E-state index in [4.69, 9.17) is 10.5 Å². The molecule has 2 unspecified atom stereocenters. The summed E-state index contributed by atoms with van der Waals surface area (Å²) in [4.78, 5) is 14.1. The van der Waals surface area contributed by atoms with Gasteiger partial charge in [-0.05, 0) is 12.8 Å². The van der Waals surface area contributed by atoms with Crippen molar-refractivity contribution < 1.29 is 9.53 Å². The Bertz CT molecular complexity index is 427. The van der Waals surface area contributed by atoms with Crippen molar-refractivity contribution in [1.29, 1.82) is 0 Å². The first kappa shape index (κ1) is 19.2. The molecule has 0 spiro atoms. The summed E-state index contributed by atoms with van der Waals surface area (Å²) in [6.07, 6.45) is 5.75. The maximum absolute atomic E-state index is 12.2. The van der Waals surface area contributed by atoms with Crippen molar-refractivity contribution in [2.24, 2.45) is 12.8 Å². The first-order valence-electron chi connectivity index (χ1n) is 6.17. The van der Waals surface area contributed by atoms with E-state index in [0.29, 0.717) is 0 Å². The van der Waals surface area contributed by atoms with Crippen LogP contribution in [0, 0.1) is 0 Å². The second kappa shape index (κ2) is 8.46. The Morgan fingerprint density at radius 2 is 2.30 bits per heavy atom. The number of nitrogens with two attached hydrogens (primary N) is 1. The van der Waals surface area contributed by atoms with Gasteiger partial charge in [-0.2, -0.15) is 5.10 Å². The highest BCUT2D eigenvalue weighted by Crippen LogP contribution is 2.31. The number of methoxy groups -OCH3 is 1. The fourth-order valence-electron chi connectivity index (χ4n) is 2.45. The van der Waals surface area contributed by atoms with Crippen LogP contribution >= 0.6 is 24.8 Å². The highest BCUT2D eigenvalue weighted by molar-refractivity contribution is 5.85. The summed E-state index contributed by atoms with van der Waals surface area (Å²) < 4.78 is 6.70. The minimum absolute atomic E-state index is 0. The minimum atomic E-state index is -0.577. The molecule has 2 atom stereocenters. The molecule has 2 heterocycles. The third-order valence-electron chi connectivity index (χ3n) is 3.31. The number of amides is 1. The van der Waals surface area contributed by atoms with Crippen LogP contribution in [0.1, 0.15) is 24.4 Å². The normalized spacial score (nSPS) is 19.1. The Labute approximate surface area is 131 Å². The van der Waals surface area contributed by atoms with Crippen LogP contribution in [0.3, 0.4) is 0 Å². The van der Waals surface area contributed by atoms with Crippen LogP contribution in [0.5, 0.6) is 0 Å². The summed E-state index contributed by atoms with van der Waals surface area (Å²) in [5, 5.41) is 4.16. The Kier molecular flexibility index (Phi) is 8.12. The Hall–Kier alpha value is -0.820. The van der Waals surface area contributed by atoms with Crippen LogP contribution in [0.4, 0.5) is 0 Å². The van der Waals surface area contributed by atoms with Crippen LogP contribution in [-0.2, 0) is 16.6 Å². The topological polar surface area (TPSA) is 73.4 Å². The number of carbonyl (C=O) groups is 1. The number of halogens is 2. The molecule has 8 heteroatoms. The summed E-state index contributed by atoms with van der Waals surface area (Å²) in [6, 6.07) is -0.471. The molecular weight excluding hydrogens is 303 g/mol. The maximum Gasteiger partial charge on any atom is 0.242 e. The lowest BCUT2D eigenvalue weighted by Crippen LogP contribution is -2.45. The monoisotopic (exact) mass is 324 g/mol. The second-order valence-corrected chi connectivity index (χ2v) is 4.70. The van der Waals surface area contributed by atoms with E-state index in [-0.39, 0.29) is 43.4 Å². The van der Waals surface area contributed by atoms with Crippen molar-refractivity contribution in [1.82, 2.24) is 14.7 Å². The number of aromatic nitrogens is 2. The number of likely N-dealkylation sites (tertiary alicyclic amines) is 1. The van der Waals surface area contributed by atoms with Gasteiger partial charge in [-0.15, -0.1) is 24.8 Å². The molecule has 6 nitrogen and oxygen atoms in total. The lowest BCUT2D eigenvalue weighted by Gasteiger charge is -2.26. The largest absolute Gasteiger partial charge is 0.383 e. The molecule has 1 aromatic heterocycles. The molecule has 116 valence electrons. The average Bonchev–Trinajstić information content (AvgIpc) is 2.96. The number of hydrogen-bond donors (Lipinski definition) is 1. The molecule has 1 aliphatic heterocycles. The van der Waals surface area contributed by atoms with Gasteiger partial charge < -0.3 is 15.4 Å². The van der Waals surface area contributed by atoms with Gasteiger partial charge in [-0.1, -0.05) is 0 Å². The van der Waals surface area contributed by atoms with E-state index in [0.717, 1.165) is 24.9 Å².